The zero-order chi connectivity index (χ0) is 22.9. The third-order valence-corrected chi connectivity index (χ3v) is 6.39. The Morgan fingerprint density at radius 3 is 2.56 bits per heavy atom. The van der Waals surface area contributed by atoms with Crippen LogP contribution in [0.2, 0.25) is 0 Å². The van der Waals surface area contributed by atoms with Crippen molar-refractivity contribution in [3.8, 4) is 0 Å². The quantitative estimate of drug-likeness (QED) is 0.744. The van der Waals surface area contributed by atoms with Crippen molar-refractivity contribution in [2.45, 2.75) is 39.0 Å². The van der Waals surface area contributed by atoms with Crippen LogP contribution in [-0.4, -0.2) is 43.0 Å². The molecule has 0 aromatic heterocycles. The van der Waals surface area contributed by atoms with Crippen LogP contribution in [0.3, 0.4) is 0 Å². The molecule has 1 amide bonds. The van der Waals surface area contributed by atoms with Crippen molar-refractivity contribution in [3.05, 3.63) is 65.2 Å². The van der Waals surface area contributed by atoms with Crippen molar-refractivity contribution in [1.82, 2.24) is 10.2 Å². The second kappa shape index (κ2) is 9.14. The van der Waals surface area contributed by atoms with Crippen LogP contribution >= 0.6 is 0 Å². The number of carbonyl (C=O) groups excluding carboxylic acids is 1. The first-order chi connectivity index (χ1) is 15.2. The number of hydrogen-bond acceptors (Lipinski definition) is 3. The van der Waals surface area contributed by atoms with Gasteiger partial charge in [-0.2, -0.15) is 13.2 Å². The molecule has 7 heteroatoms. The topological polar surface area (TPSA) is 35.6 Å². The van der Waals surface area contributed by atoms with Gasteiger partial charge in [0.25, 0.3) is 0 Å². The fourth-order valence-corrected chi connectivity index (χ4v) is 4.78. The van der Waals surface area contributed by atoms with Crippen molar-refractivity contribution in [3.63, 3.8) is 0 Å². The predicted molar refractivity (Wildman–Crippen MR) is 119 cm³/mol. The SMILES string of the molecule is CC(C)CNC(=O)[C@@H]1Cc2cc(C(F)(F)F)ccc2N2CCN(Cc3ccccc3)C[C@@H]12. The van der Waals surface area contributed by atoms with E-state index in [1.54, 1.807) is 6.07 Å². The zero-order valence-electron chi connectivity index (χ0n) is 18.5. The molecule has 4 rings (SSSR count). The largest absolute Gasteiger partial charge is 0.416 e. The molecule has 0 radical (unpaired) electrons. The van der Waals surface area contributed by atoms with Crippen LogP contribution in [0.1, 0.15) is 30.5 Å². The Morgan fingerprint density at radius 2 is 1.88 bits per heavy atom. The highest BCUT2D eigenvalue weighted by Gasteiger charge is 2.42. The average molecular weight is 446 g/mol. The Kier molecular flexibility index (Phi) is 6.47. The van der Waals surface area contributed by atoms with Gasteiger partial charge in [-0.25, -0.2) is 0 Å². The molecule has 2 aromatic carbocycles. The Bertz CT molecular complexity index is 945. The maximum absolute atomic E-state index is 13.3. The number of piperazine rings is 1. The molecule has 4 nitrogen and oxygen atoms in total. The molecule has 1 N–H and O–H groups in total. The standard InChI is InChI=1S/C25H30F3N3O/c1-17(2)14-29-24(32)21-13-19-12-20(25(26,27)28)8-9-22(19)31-11-10-30(16-23(21)31)15-18-6-4-3-5-7-18/h3-9,12,17,21,23H,10-11,13-16H2,1-2H3,(H,29,32)/t21-,23+/m1/s1. The summed E-state index contributed by atoms with van der Waals surface area (Å²) in [4.78, 5) is 17.6. The average Bonchev–Trinajstić information content (AvgIpc) is 2.76. The lowest BCUT2D eigenvalue weighted by molar-refractivity contribution is -0.137. The number of carbonyl (C=O) groups is 1. The van der Waals surface area contributed by atoms with Crippen LogP contribution in [0.25, 0.3) is 0 Å². The van der Waals surface area contributed by atoms with Gasteiger partial charge in [-0.15, -0.1) is 0 Å². The third-order valence-electron chi connectivity index (χ3n) is 6.39. The first-order valence-corrected chi connectivity index (χ1v) is 11.2. The molecule has 172 valence electrons. The maximum atomic E-state index is 13.3. The van der Waals surface area contributed by atoms with Crippen LogP contribution in [0.4, 0.5) is 18.9 Å². The normalized spacial score (nSPS) is 21.2. The second-order valence-electron chi connectivity index (χ2n) is 9.27. The number of hydrogen-bond donors (Lipinski definition) is 1. The molecule has 2 atom stereocenters. The van der Waals surface area contributed by atoms with E-state index in [2.05, 4.69) is 27.2 Å². The van der Waals surface area contributed by atoms with Crippen LogP contribution < -0.4 is 10.2 Å². The van der Waals surface area contributed by atoms with Crippen molar-refractivity contribution in [2.24, 2.45) is 11.8 Å². The van der Waals surface area contributed by atoms with Gasteiger partial charge in [0.05, 0.1) is 17.5 Å². The molecular formula is C25H30F3N3O. The summed E-state index contributed by atoms with van der Waals surface area (Å²) in [5, 5.41) is 3.02. The number of rotatable bonds is 5. The molecule has 2 aliphatic rings. The van der Waals surface area contributed by atoms with Gasteiger partial charge >= 0.3 is 6.18 Å². The Morgan fingerprint density at radius 1 is 1.12 bits per heavy atom. The van der Waals surface area contributed by atoms with E-state index in [4.69, 9.17) is 0 Å². The van der Waals surface area contributed by atoms with E-state index < -0.39 is 11.7 Å². The minimum absolute atomic E-state index is 0.0659. The van der Waals surface area contributed by atoms with Crippen molar-refractivity contribution < 1.29 is 18.0 Å². The summed E-state index contributed by atoms with van der Waals surface area (Å²) in [6.45, 7) is 7.60. The maximum Gasteiger partial charge on any atom is 0.416 e. The molecule has 2 aliphatic heterocycles. The number of benzene rings is 2. The third kappa shape index (κ3) is 4.93. The van der Waals surface area contributed by atoms with Gasteiger partial charge in [-0.1, -0.05) is 44.2 Å². The van der Waals surface area contributed by atoms with E-state index in [0.29, 0.717) is 37.5 Å². The lowest BCUT2D eigenvalue weighted by Gasteiger charge is -2.49. The number of amides is 1. The number of alkyl halides is 3. The summed E-state index contributed by atoms with van der Waals surface area (Å²) in [5.41, 5.74) is 2.00. The summed E-state index contributed by atoms with van der Waals surface area (Å²) in [7, 11) is 0. The molecule has 0 unspecified atom stereocenters. The van der Waals surface area contributed by atoms with E-state index in [0.717, 1.165) is 24.8 Å². The molecule has 0 saturated carbocycles. The lowest BCUT2D eigenvalue weighted by atomic mass is 9.82. The molecular weight excluding hydrogens is 415 g/mol. The minimum atomic E-state index is -4.39. The Hall–Kier alpha value is -2.54. The van der Waals surface area contributed by atoms with Gasteiger partial charge in [0, 0.05) is 38.4 Å². The minimum Gasteiger partial charge on any atom is -0.365 e. The monoisotopic (exact) mass is 445 g/mol. The molecule has 32 heavy (non-hydrogen) atoms. The molecule has 0 aliphatic carbocycles. The van der Waals surface area contributed by atoms with Crippen LogP contribution in [0, 0.1) is 11.8 Å². The Labute approximate surface area is 187 Å². The van der Waals surface area contributed by atoms with Gasteiger partial charge in [0.15, 0.2) is 0 Å². The summed E-state index contributed by atoms with van der Waals surface area (Å²) < 4.78 is 39.9. The predicted octanol–water partition coefficient (Wildman–Crippen LogP) is 4.34. The number of anilines is 1. The first-order valence-electron chi connectivity index (χ1n) is 11.2. The van der Waals surface area contributed by atoms with Crippen LogP contribution in [0.5, 0.6) is 0 Å². The number of fused-ring (bicyclic) bond motifs is 3. The lowest BCUT2D eigenvalue weighted by Crippen LogP contribution is -2.61. The van der Waals surface area contributed by atoms with Crippen LogP contribution in [0.15, 0.2) is 48.5 Å². The van der Waals surface area contributed by atoms with E-state index in [9.17, 15) is 18.0 Å². The Balaban J connectivity index is 1.61. The second-order valence-corrected chi connectivity index (χ2v) is 9.27. The summed E-state index contributed by atoms with van der Waals surface area (Å²) >= 11 is 0. The summed E-state index contributed by atoms with van der Waals surface area (Å²) in [5.74, 6) is -0.148. The molecule has 0 spiro atoms. The van der Waals surface area contributed by atoms with Crippen molar-refractivity contribution >= 4 is 11.6 Å². The number of nitrogens with one attached hydrogen (secondary N) is 1. The summed E-state index contributed by atoms with van der Waals surface area (Å²) in [6.07, 6.45) is -4.07. The van der Waals surface area contributed by atoms with Gasteiger partial charge in [-0.3, -0.25) is 9.69 Å². The van der Waals surface area contributed by atoms with Gasteiger partial charge < -0.3 is 10.2 Å². The highest BCUT2D eigenvalue weighted by atomic mass is 19.4. The molecule has 2 heterocycles. The zero-order valence-corrected chi connectivity index (χ0v) is 18.5. The molecule has 0 bridgehead atoms. The fourth-order valence-electron chi connectivity index (χ4n) is 4.78. The summed E-state index contributed by atoms with van der Waals surface area (Å²) in [6, 6.07) is 14.1. The van der Waals surface area contributed by atoms with Gasteiger partial charge in [0.2, 0.25) is 5.91 Å². The first kappa shape index (κ1) is 22.6. The van der Waals surface area contributed by atoms with E-state index in [1.165, 1.54) is 11.6 Å². The van der Waals surface area contributed by atoms with E-state index in [-0.39, 0.29) is 17.9 Å². The highest BCUT2D eigenvalue weighted by molar-refractivity contribution is 5.82. The number of halogens is 3. The van der Waals surface area contributed by atoms with Gasteiger partial charge in [-0.05, 0) is 41.7 Å². The highest BCUT2D eigenvalue weighted by Crippen LogP contribution is 2.39. The molecule has 1 fully saturated rings. The smallest absolute Gasteiger partial charge is 0.365 e. The van der Waals surface area contributed by atoms with Crippen LogP contribution in [-0.2, 0) is 23.9 Å². The van der Waals surface area contributed by atoms with Gasteiger partial charge in [0.1, 0.15) is 0 Å². The molecule has 1 saturated heterocycles. The van der Waals surface area contributed by atoms with E-state index in [1.807, 2.05) is 32.0 Å². The molecule has 2 aromatic rings. The number of nitrogens with zero attached hydrogens (tertiary/aromatic N) is 2. The fraction of sp³-hybridized carbons (Fsp3) is 0.480. The van der Waals surface area contributed by atoms with Crippen molar-refractivity contribution in [1.29, 1.82) is 0 Å². The van der Waals surface area contributed by atoms with E-state index >= 15 is 0 Å². The van der Waals surface area contributed by atoms with Crippen molar-refractivity contribution in [2.75, 3.05) is 31.1 Å².